The van der Waals surface area contributed by atoms with Crippen molar-refractivity contribution < 1.29 is 14.3 Å². The fourth-order valence-corrected chi connectivity index (χ4v) is 1.11. The Hall–Kier alpha value is -1.06. The first-order valence-electron chi connectivity index (χ1n) is 5.32. The van der Waals surface area contributed by atoms with E-state index in [1.807, 2.05) is 6.92 Å². The van der Waals surface area contributed by atoms with Gasteiger partial charge in [0.05, 0.1) is 6.04 Å². The molecular formula is C11H21NO3. The van der Waals surface area contributed by atoms with Crippen LogP contribution in [-0.2, 0) is 9.53 Å². The summed E-state index contributed by atoms with van der Waals surface area (Å²) in [6.45, 7) is 9.00. The fraction of sp³-hybridized carbons (Fsp3) is 0.818. The molecule has 0 saturated carbocycles. The molecule has 1 atom stereocenters. The summed E-state index contributed by atoms with van der Waals surface area (Å²) in [5, 5.41) is 2.56. The van der Waals surface area contributed by atoms with E-state index in [4.69, 9.17) is 4.74 Å². The van der Waals surface area contributed by atoms with Crippen LogP contribution in [0.15, 0.2) is 0 Å². The van der Waals surface area contributed by atoms with Gasteiger partial charge in [0.1, 0.15) is 5.60 Å². The van der Waals surface area contributed by atoms with E-state index in [2.05, 4.69) is 5.32 Å². The van der Waals surface area contributed by atoms with E-state index in [-0.39, 0.29) is 5.78 Å². The molecule has 1 N–H and O–H groups in total. The van der Waals surface area contributed by atoms with Gasteiger partial charge in [0.15, 0.2) is 5.78 Å². The second-order valence-electron chi connectivity index (χ2n) is 4.43. The molecule has 0 aromatic heterocycles. The Morgan fingerprint density at radius 2 is 1.80 bits per heavy atom. The van der Waals surface area contributed by atoms with Crippen LogP contribution in [0, 0.1) is 0 Å². The Bertz CT molecular complexity index is 230. The number of Topliss-reactive ketones (excluding diaryl/α,β-unsaturated/α-hetero) is 1. The molecule has 0 radical (unpaired) electrons. The van der Waals surface area contributed by atoms with Gasteiger partial charge in [0.2, 0.25) is 0 Å². The van der Waals surface area contributed by atoms with Gasteiger partial charge in [-0.2, -0.15) is 0 Å². The zero-order valence-corrected chi connectivity index (χ0v) is 10.2. The molecule has 0 aliphatic rings. The monoisotopic (exact) mass is 215 g/mol. The van der Waals surface area contributed by atoms with Crippen molar-refractivity contribution in [3.8, 4) is 0 Å². The van der Waals surface area contributed by atoms with Crippen LogP contribution in [0.5, 0.6) is 0 Å². The van der Waals surface area contributed by atoms with Crippen molar-refractivity contribution >= 4 is 11.9 Å². The lowest BCUT2D eigenvalue weighted by molar-refractivity contribution is -0.120. The van der Waals surface area contributed by atoms with Crippen LogP contribution in [-0.4, -0.2) is 23.5 Å². The molecule has 4 heteroatoms. The van der Waals surface area contributed by atoms with Crippen LogP contribution < -0.4 is 5.32 Å². The number of ketones is 1. The zero-order valence-electron chi connectivity index (χ0n) is 10.2. The van der Waals surface area contributed by atoms with Crippen LogP contribution in [0.2, 0.25) is 0 Å². The molecule has 88 valence electrons. The molecular weight excluding hydrogens is 194 g/mol. The lowest BCUT2D eigenvalue weighted by atomic mass is 10.1. The number of carbonyl (C=O) groups is 2. The predicted octanol–water partition coefficient (Wildman–Crippen LogP) is 2.27. The first-order valence-corrected chi connectivity index (χ1v) is 5.32. The number of ether oxygens (including phenoxy) is 1. The Labute approximate surface area is 91.4 Å². The van der Waals surface area contributed by atoms with Crippen LogP contribution in [0.1, 0.15) is 47.5 Å². The van der Waals surface area contributed by atoms with Gasteiger partial charge in [-0.15, -0.1) is 0 Å². The van der Waals surface area contributed by atoms with Crippen molar-refractivity contribution in [2.45, 2.75) is 59.1 Å². The van der Waals surface area contributed by atoms with Crippen molar-refractivity contribution in [3.05, 3.63) is 0 Å². The molecule has 0 aliphatic heterocycles. The minimum atomic E-state index is -0.531. The highest BCUT2D eigenvalue weighted by atomic mass is 16.6. The standard InChI is InChI=1S/C11H21NO3/c1-6-8(9(13)7-2)12-10(14)15-11(3,4)5/h8H,6-7H2,1-5H3,(H,12,14)/t8-/m0/s1. The van der Waals surface area contributed by atoms with E-state index in [1.165, 1.54) is 0 Å². The molecule has 0 saturated heterocycles. The normalized spacial score (nSPS) is 13.1. The molecule has 4 nitrogen and oxygen atoms in total. The van der Waals surface area contributed by atoms with E-state index in [1.54, 1.807) is 27.7 Å². The number of carbonyl (C=O) groups excluding carboxylic acids is 2. The summed E-state index contributed by atoms with van der Waals surface area (Å²) in [5.41, 5.74) is -0.530. The van der Waals surface area contributed by atoms with Gasteiger partial charge in [0.25, 0.3) is 0 Å². The zero-order chi connectivity index (χ0) is 12.1. The second-order valence-corrected chi connectivity index (χ2v) is 4.43. The molecule has 0 spiro atoms. The third-order valence-corrected chi connectivity index (χ3v) is 1.84. The average Bonchev–Trinajstić information content (AvgIpc) is 2.10. The molecule has 0 aromatic rings. The predicted molar refractivity (Wildman–Crippen MR) is 58.7 cm³/mol. The summed E-state index contributed by atoms with van der Waals surface area (Å²) >= 11 is 0. The van der Waals surface area contributed by atoms with E-state index in [9.17, 15) is 9.59 Å². The molecule has 0 aromatic carbocycles. The van der Waals surface area contributed by atoms with Gasteiger partial charge in [-0.1, -0.05) is 13.8 Å². The average molecular weight is 215 g/mol. The summed E-state index contributed by atoms with van der Waals surface area (Å²) in [5.74, 6) is 0.0309. The highest BCUT2D eigenvalue weighted by molar-refractivity contribution is 5.87. The molecule has 0 heterocycles. The third-order valence-electron chi connectivity index (χ3n) is 1.84. The minimum absolute atomic E-state index is 0.0309. The topological polar surface area (TPSA) is 55.4 Å². The summed E-state index contributed by atoms with van der Waals surface area (Å²) < 4.78 is 5.06. The van der Waals surface area contributed by atoms with Crippen LogP contribution >= 0.6 is 0 Å². The molecule has 0 aliphatic carbocycles. The summed E-state index contributed by atoms with van der Waals surface area (Å²) in [6, 6.07) is -0.426. The maximum atomic E-state index is 11.4. The lowest BCUT2D eigenvalue weighted by Gasteiger charge is -2.22. The van der Waals surface area contributed by atoms with Crippen LogP contribution in [0.3, 0.4) is 0 Å². The third kappa shape index (κ3) is 6.10. The van der Waals surface area contributed by atoms with E-state index in [0.29, 0.717) is 12.8 Å². The lowest BCUT2D eigenvalue weighted by Crippen LogP contribution is -2.42. The largest absolute Gasteiger partial charge is 0.444 e. The molecule has 0 rings (SSSR count). The number of hydrogen-bond acceptors (Lipinski definition) is 3. The van der Waals surface area contributed by atoms with Gasteiger partial charge in [-0.3, -0.25) is 4.79 Å². The molecule has 0 unspecified atom stereocenters. The Morgan fingerprint density at radius 1 is 1.27 bits per heavy atom. The van der Waals surface area contributed by atoms with E-state index < -0.39 is 17.7 Å². The van der Waals surface area contributed by atoms with Gasteiger partial charge in [-0.05, 0) is 27.2 Å². The van der Waals surface area contributed by atoms with Crippen molar-refractivity contribution in [2.75, 3.05) is 0 Å². The SMILES string of the molecule is CCC(=O)[C@H](CC)NC(=O)OC(C)(C)C. The maximum Gasteiger partial charge on any atom is 0.408 e. The van der Waals surface area contributed by atoms with Crippen molar-refractivity contribution in [2.24, 2.45) is 0 Å². The summed E-state index contributed by atoms with van der Waals surface area (Å²) in [7, 11) is 0. The highest BCUT2D eigenvalue weighted by Crippen LogP contribution is 2.07. The first-order chi connectivity index (χ1) is 6.80. The Kier molecular flexibility index (Phi) is 5.33. The first kappa shape index (κ1) is 13.9. The van der Waals surface area contributed by atoms with Crippen molar-refractivity contribution in [3.63, 3.8) is 0 Å². The van der Waals surface area contributed by atoms with Gasteiger partial charge in [-0.25, -0.2) is 4.79 Å². The summed E-state index contributed by atoms with van der Waals surface area (Å²) in [4.78, 5) is 22.7. The van der Waals surface area contributed by atoms with Gasteiger partial charge in [0, 0.05) is 6.42 Å². The number of alkyl carbamates (subject to hydrolysis) is 1. The maximum absolute atomic E-state index is 11.4. The van der Waals surface area contributed by atoms with Crippen molar-refractivity contribution in [1.82, 2.24) is 5.32 Å². The fourth-order valence-electron chi connectivity index (χ4n) is 1.11. The summed E-state index contributed by atoms with van der Waals surface area (Å²) in [6.07, 6.45) is 0.483. The number of hydrogen-bond donors (Lipinski definition) is 1. The second kappa shape index (κ2) is 5.73. The molecule has 15 heavy (non-hydrogen) atoms. The van der Waals surface area contributed by atoms with Gasteiger partial charge >= 0.3 is 6.09 Å². The number of amides is 1. The highest BCUT2D eigenvalue weighted by Gasteiger charge is 2.21. The quantitative estimate of drug-likeness (QED) is 0.782. The van der Waals surface area contributed by atoms with Crippen LogP contribution in [0.4, 0.5) is 4.79 Å². The minimum Gasteiger partial charge on any atom is -0.444 e. The Balaban J connectivity index is 4.20. The number of rotatable bonds is 4. The number of nitrogens with one attached hydrogen (secondary N) is 1. The van der Waals surface area contributed by atoms with E-state index >= 15 is 0 Å². The molecule has 1 amide bonds. The van der Waals surface area contributed by atoms with Crippen molar-refractivity contribution in [1.29, 1.82) is 0 Å². The molecule has 0 fully saturated rings. The smallest absolute Gasteiger partial charge is 0.408 e. The van der Waals surface area contributed by atoms with E-state index in [0.717, 1.165) is 0 Å². The Morgan fingerprint density at radius 3 is 2.13 bits per heavy atom. The van der Waals surface area contributed by atoms with Gasteiger partial charge < -0.3 is 10.1 Å². The van der Waals surface area contributed by atoms with Crippen LogP contribution in [0.25, 0.3) is 0 Å². The molecule has 0 bridgehead atoms.